The molecule has 0 heterocycles. The van der Waals surface area contributed by atoms with Gasteiger partial charge in [0.2, 0.25) is 0 Å². The minimum absolute atomic E-state index is 0.0175. The van der Waals surface area contributed by atoms with Gasteiger partial charge >= 0.3 is 0 Å². The summed E-state index contributed by atoms with van der Waals surface area (Å²) in [6.45, 7) is 4.39. The minimum atomic E-state index is -0.0175. The van der Waals surface area contributed by atoms with Crippen LogP contribution in [-0.4, -0.2) is 0 Å². The second-order valence-electron chi connectivity index (χ2n) is 4.17. The van der Waals surface area contributed by atoms with Crippen LogP contribution in [0.4, 0.5) is 0 Å². The van der Waals surface area contributed by atoms with Gasteiger partial charge in [0.1, 0.15) is 0 Å². The standard InChI is InChI=1S/C13H19Cl2N/c1-3-9(4-2)8-12(16)10-6-5-7-11(14)13(10)15/h5-7,9,12H,3-4,8,16H2,1-2H3. The van der Waals surface area contributed by atoms with Crippen LogP contribution in [0.1, 0.15) is 44.7 Å². The Balaban J connectivity index is 2.80. The third kappa shape index (κ3) is 3.38. The van der Waals surface area contributed by atoms with Crippen LogP contribution in [0.5, 0.6) is 0 Å². The van der Waals surface area contributed by atoms with Gasteiger partial charge in [0.15, 0.2) is 0 Å². The summed E-state index contributed by atoms with van der Waals surface area (Å²) in [6, 6.07) is 5.63. The van der Waals surface area contributed by atoms with Gasteiger partial charge in [-0.3, -0.25) is 0 Å². The molecule has 0 amide bonds. The smallest absolute Gasteiger partial charge is 0.0640 e. The molecule has 0 aliphatic carbocycles. The number of halogens is 2. The summed E-state index contributed by atoms with van der Waals surface area (Å²) < 4.78 is 0. The van der Waals surface area contributed by atoms with Crippen molar-refractivity contribution >= 4 is 23.2 Å². The van der Waals surface area contributed by atoms with E-state index >= 15 is 0 Å². The fourth-order valence-electron chi connectivity index (χ4n) is 1.91. The Morgan fingerprint density at radius 2 is 1.81 bits per heavy atom. The van der Waals surface area contributed by atoms with Crippen molar-refractivity contribution < 1.29 is 0 Å². The zero-order chi connectivity index (χ0) is 12.1. The first-order valence-electron chi connectivity index (χ1n) is 5.79. The van der Waals surface area contributed by atoms with Gasteiger partial charge < -0.3 is 5.73 Å². The average molecular weight is 260 g/mol. The predicted molar refractivity (Wildman–Crippen MR) is 72.1 cm³/mol. The maximum atomic E-state index is 6.17. The highest BCUT2D eigenvalue weighted by molar-refractivity contribution is 6.42. The molecule has 16 heavy (non-hydrogen) atoms. The van der Waals surface area contributed by atoms with E-state index in [0.29, 0.717) is 16.0 Å². The normalized spacial score (nSPS) is 13.1. The van der Waals surface area contributed by atoms with E-state index in [1.54, 1.807) is 6.07 Å². The molecule has 0 saturated heterocycles. The molecule has 1 aromatic rings. The topological polar surface area (TPSA) is 26.0 Å². The maximum Gasteiger partial charge on any atom is 0.0640 e. The zero-order valence-electron chi connectivity index (χ0n) is 9.84. The van der Waals surface area contributed by atoms with Gasteiger partial charge in [0.25, 0.3) is 0 Å². The molecule has 0 spiro atoms. The molecule has 0 aliphatic heterocycles. The molecule has 1 unspecified atom stereocenters. The summed E-state index contributed by atoms with van der Waals surface area (Å²) in [5.41, 5.74) is 7.13. The molecule has 0 saturated carbocycles. The zero-order valence-corrected chi connectivity index (χ0v) is 11.4. The largest absolute Gasteiger partial charge is 0.324 e. The lowest BCUT2D eigenvalue weighted by Crippen LogP contribution is -2.15. The van der Waals surface area contributed by atoms with Crippen LogP contribution >= 0.6 is 23.2 Å². The van der Waals surface area contributed by atoms with Crippen LogP contribution < -0.4 is 5.73 Å². The van der Waals surface area contributed by atoms with E-state index in [-0.39, 0.29) is 6.04 Å². The van der Waals surface area contributed by atoms with Gasteiger partial charge in [-0.2, -0.15) is 0 Å². The van der Waals surface area contributed by atoms with Crippen LogP contribution in [0.15, 0.2) is 18.2 Å². The summed E-state index contributed by atoms with van der Waals surface area (Å²) in [7, 11) is 0. The number of rotatable bonds is 5. The number of nitrogens with two attached hydrogens (primary N) is 1. The second kappa shape index (κ2) is 6.48. The van der Waals surface area contributed by atoms with Gasteiger partial charge in [-0.1, -0.05) is 62.0 Å². The third-order valence-corrected chi connectivity index (χ3v) is 3.96. The molecule has 3 heteroatoms. The van der Waals surface area contributed by atoms with E-state index in [4.69, 9.17) is 28.9 Å². The number of hydrogen-bond acceptors (Lipinski definition) is 1. The van der Waals surface area contributed by atoms with Gasteiger partial charge in [0, 0.05) is 6.04 Å². The van der Waals surface area contributed by atoms with E-state index in [1.807, 2.05) is 12.1 Å². The van der Waals surface area contributed by atoms with Crippen molar-refractivity contribution in [2.45, 2.75) is 39.2 Å². The van der Waals surface area contributed by atoms with Crippen molar-refractivity contribution in [1.29, 1.82) is 0 Å². The summed E-state index contributed by atoms with van der Waals surface area (Å²) in [6.07, 6.45) is 3.28. The quantitative estimate of drug-likeness (QED) is 0.807. The van der Waals surface area contributed by atoms with Crippen molar-refractivity contribution in [3.05, 3.63) is 33.8 Å². The van der Waals surface area contributed by atoms with Crippen LogP contribution in [0, 0.1) is 5.92 Å². The van der Waals surface area contributed by atoms with E-state index in [1.165, 1.54) is 0 Å². The van der Waals surface area contributed by atoms with Crippen molar-refractivity contribution in [3.63, 3.8) is 0 Å². The first-order valence-corrected chi connectivity index (χ1v) is 6.55. The lowest BCUT2D eigenvalue weighted by atomic mass is 9.92. The lowest BCUT2D eigenvalue weighted by Gasteiger charge is -2.19. The van der Waals surface area contributed by atoms with Crippen LogP contribution in [0.3, 0.4) is 0 Å². The molecular formula is C13H19Cl2N. The molecule has 2 N–H and O–H groups in total. The minimum Gasteiger partial charge on any atom is -0.324 e. The summed E-state index contributed by atoms with van der Waals surface area (Å²) in [5, 5.41) is 1.18. The van der Waals surface area contributed by atoms with Gasteiger partial charge in [0.05, 0.1) is 10.0 Å². The van der Waals surface area contributed by atoms with E-state index < -0.39 is 0 Å². The highest BCUT2D eigenvalue weighted by atomic mass is 35.5. The fraction of sp³-hybridized carbons (Fsp3) is 0.538. The first-order chi connectivity index (χ1) is 7.60. The third-order valence-electron chi connectivity index (χ3n) is 3.12. The molecular weight excluding hydrogens is 241 g/mol. The van der Waals surface area contributed by atoms with E-state index in [2.05, 4.69) is 13.8 Å². The Hall–Kier alpha value is -0.240. The fourth-order valence-corrected chi connectivity index (χ4v) is 2.36. The predicted octanol–water partition coefficient (Wildman–Crippen LogP) is 4.82. The molecule has 0 fully saturated rings. The summed E-state index contributed by atoms with van der Waals surface area (Å²) in [5.74, 6) is 0.657. The molecule has 0 aliphatic rings. The van der Waals surface area contributed by atoms with Gasteiger partial charge in [-0.05, 0) is 24.0 Å². The van der Waals surface area contributed by atoms with Crippen molar-refractivity contribution in [3.8, 4) is 0 Å². The van der Waals surface area contributed by atoms with Gasteiger partial charge in [-0.15, -0.1) is 0 Å². The molecule has 0 radical (unpaired) electrons. The molecule has 0 bridgehead atoms. The highest BCUT2D eigenvalue weighted by Crippen LogP contribution is 2.32. The van der Waals surface area contributed by atoms with Crippen molar-refractivity contribution in [2.24, 2.45) is 11.7 Å². The van der Waals surface area contributed by atoms with Crippen LogP contribution in [-0.2, 0) is 0 Å². The highest BCUT2D eigenvalue weighted by Gasteiger charge is 2.15. The molecule has 1 rings (SSSR count). The molecule has 1 atom stereocenters. The monoisotopic (exact) mass is 259 g/mol. The SMILES string of the molecule is CCC(CC)CC(N)c1cccc(Cl)c1Cl. The Morgan fingerprint density at radius 1 is 1.19 bits per heavy atom. The molecule has 90 valence electrons. The second-order valence-corrected chi connectivity index (χ2v) is 4.95. The van der Waals surface area contributed by atoms with E-state index in [0.717, 1.165) is 24.8 Å². The number of hydrogen-bond donors (Lipinski definition) is 1. The Labute approximate surface area is 108 Å². The molecule has 1 nitrogen and oxygen atoms in total. The molecule has 0 aromatic heterocycles. The van der Waals surface area contributed by atoms with Crippen LogP contribution in [0.2, 0.25) is 10.0 Å². The van der Waals surface area contributed by atoms with Crippen LogP contribution in [0.25, 0.3) is 0 Å². The van der Waals surface area contributed by atoms with Crippen molar-refractivity contribution in [1.82, 2.24) is 0 Å². The summed E-state index contributed by atoms with van der Waals surface area (Å²) in [4.78, 5) is 0. The van der Waals surface area contributed by atoms with Crippen molar-refractivity contribution in [2.75, 3.05) is 0 Å². The Kier molecular flexibility index (Phi) is 5.60. The lowest BCUT2D eigenvalue weighted by molar-refractivity contribution is 0.415. The summed E-state index contributed by atoms with van der Waals surface area (Å²) >= 11 is 12.1. The first kappa shape index (κ1) is 13.8. The van der Waals surface area contributed by atoms with Gasteiger partial charge in [-0.25, -0.2) is 0 Å². The maximum absolute atomic E-state index is 6.17. The number of benzene rings is 1. The Morgan fingerprint density at radius 3 is 2.38 bits per heavy atom. The van der Waals surface area contributed by atoms with E-state index in [9.17, 15) is 0 Å². The Bertz CT molecular complexity index is 335. The average Bonchev–Trinajstić information content (AvgIpc) is 2.29. The molecule has 1 aromatic carbocycles.